The molecule has 16 heavy (non-hydrogen) atoms. The van der Waals surface area contributed by atoms with E-state index < -0.39 is 0 Å². The zero-order chi connectivity index (χ0) is 12.1. The van der Waals surface area contributed by atoms with E-state index in [0.29, 0.717) is 13.1 Å². The topological polar surface area (TPSA) is 58.6 Å². The zero-order valence-electron chi connectivity index (χ0n) is 10.2. The molecule has 0 saturated carbocycles. The first-order chi connectivity index (χ1) is 7.52. The summed E-state index contributed by atoms with van der Waals surface area (Å²) in [4.78, 5) is 24.1. The zero-order valence-corrected chi connectivity index (χ0v) is 10.2. The maximum atomic E-state index is 11.6. The molecule has 2 atom stereocenters. The van der Waals surface area contributed by atoms with Crippen molar-refractivity contribution in [2.45, 2.75) is 45.8 Å². The third-order valence-electron chi connectivity index (χ3n) is 2.73. The summed E-state index contributed by atoms with van der Waals surface area (Å²) < 4.78 is 5.21. The van der Waals surface area contributed by atoms with Gasteiger partial charge in [0.05, 0.1) is 0 Å². The van der Waals surface area contributed by atoms with Gasteiger partial charge < -0.3 is 15.0 Å². The first kappa shape index (κ1) is 12.8. The maximum absolute atomic E-state index is 11.6. The summed E-state index contributed by atoms with van der Waals surface area (Å²) in [6.45, 7) is 6.54. The molecule has 2 amide bonds. The summed E-state index contributed by atoms with van der Waals surface area (Å²) in [6.07, 6.45) is 1.29. The normalized spacial score (nSPS) is 21.7. The number of hydrogen-bond donors (Lipinski definition) is 1. The van der Waals surface area contributed by atoms with Crippen LogP contribution in [0.15, 0.2) is 0 Å². The second kappa shape index (κ2) is 5.72. The van der Waals surface area contributed by atoms with Gasteiger partial charge in [-0.3, -0.25) is 4.79 Å². The molecule has 5 nitrogen and oxygen atoms in total. The highest BCUT2D eigenvalue weighted by Crippen LogP contribution is 2.12. The first-order valence-electron chi connectivity index (χ1n) is 5.75. The number of rotatable bonds is 3. The molecule has 0 aliphatic carbocycles. The predicted octanol–water partition coefficient (Wildman–Crippen LogP) is 1.13. The molecule has 1 saturated heterocycles. The Balaban J connectivity index is 2.34. The molecule has 0 aromatic heterocycles. The third-order valence-corrected chi connectivity index (χ3v) is 2.73. The Hall–Kier alpha value is -1.26. The minimum absolute atomic E-state index is 0.0488. The van der Waals surface area contributed by atoms with Crippen LogP contribution >= 0.6 is 0 Å². The van der Waals surface area contributed by atoms with Gasteiger partial charge in [0.15, 0.2) is 0 Å². The Kier molecular flexibility index (Phi) is 4.58. The van der Waals surface area contributed by atoms with Gasteiger partial charge in [-0.25, -0.2) is 4.79 Å². The molecule has 1 heterocycles. The van der Waals surface area contributed by atoms with E-state index in [1.165, 1.54) is 6.92 Å². The summed E-state index contributed by atoms with van der Waals surface area (Å²) in [5.74, 6) is -0.0536. The largest absolute Gasteiger partial charge is 0.446 e. The number of likely N-dealkylation sites (tertiary alicyclic amines) is 1. The average molecular weight is 228 g/mol. The lowest BCUT2D eigenvalue weighted by atomic mass is 10.3. The van der Waals surface area contributed by atoms with Crippen LogP contribution in [0.25, 0.3) is 0 Å². The van der Waals surface area contributed by atoms with Crippen molar-refractivity contribution in [1.29, 1.82) is 0 Å². The van der Waals surface area contributed by atoms with Crippen molar-refractivity contribution < 1.29 is 14.3 Å². The van der Waals surface area contributed by atoms with Crippen LogP contribution in [0.4, 0.5) is 4.79 Å². The Morgan fingerprint density at radius 1 is 1.56 bits per heavy atom. The van der Waals surface area contributed by atoms with Gasteiger partial charge in [-0.15, -0.1) is 0 Å². The summed E-state index contributed by atoms with van der Waals surface area (Å²) >= 11 is 0. The molecule has 0 bridgehead atoms. The van der Waals surface area contributed by atoms with Crippen molar-refractivity contribution in [3.05, 3.63) is 0 Å². The van der Waals surface area contributed by atoms with Crippen molar-refractivity contribution in [2.24, 2.45) is 0 Å². The van der Waals surface area contributed by atoms with Gasteiger partial charge >= 0.3 is 6.09 Å². The van der Waals surface area contributed by atoms with E-state index in [-0.39, 0.29) is 24.1 Å². The SMILES string of the molecule is CCC(C)OC(=O)N1CC[C@@H](NC(C)=O)C1. The number of ether oxygens (including phenoxy) is 1. The Bertz CT molecular complexity index is 268. The van der Waals surface area contributed by atoms with E-state index >= 15 is 0 Å². The third kappa shape index (κ3) is 3.72. The highest BCUT2D eigenvalue weighted by atomic mass is 16.6. The number of carbonyl (C=O) groups is 2. The standard InChI is InChI=1S/C11H20N2O3/c1-4-8(2)16-11(15)13-6-5-10(7-13)12-9(3)14/h8,10H,4-7H2,1-3H3,(H,12,14)/t8?,10-/m1/s1. The van der Waals surface area contributed by atoms with Crippen molar-refractivity contribution >= 4 is 12.0 Å². The predicted molar refractivity (Wildman–Crippen MR) is 60.0 cm³/mol. The lowest BCUT2D eigenvalue weighted by Gasteiger charge is -2.19. The lowest BCUT2D eigenvalue weighted by molar-refractivity contribution is -0.119. The molecule has 1 N–H and O–H groups in total. The van der Waals surface area contributed by atoms with Crippen LogP contribution in [0.5, 0.6) is 0 Å². The van der Waals surface area contributed by atoms with Gasteiger partial charge in [-0.1, -0.05) is 6.92 Å². The van der Waals surface area contributed by atoms with Crippen LogP contribution in [-0.4, -0.2) is 42.1 Å². The molecule has 1 aliphatic heterocycles. The van der Waals surface area contributed by atoms with Crippen LogP contribution in [0, 0.1) is 0 Å². The molecule has 0 radical (unpaired) electrons. The number of carbonyl (C=O) groups excluding carboxylic acids is 2. The molecule has 0 spiro atoms. The van der Waals surface area contributed by atoms with E-state index in [1.807, 2.05) is 13.8 Å². The molecule has 92 valence electrons. The molecule has 5 heteroatoms. The van der Waals surface area contributed by atoms with Crippen LogP contribution in [0.2, 0.25) is 0 Å². The molecule has 0 aromatic rings. The number of amides is 2. The number of nitrogens with one attached hydrogen (secondary N) is 1. The van der Waals surface area contributed by atoms with Crippen molar-refractivity contribution in [3.63, 3.8) is 0 Å². The fourth-order valence-corrected chi connectivity index (χ4v) is 1.66. The quantitative estimate of drug-likeness (QED) is 0.787. The number of nitrogens with zero attached hydrogens (tertiary/aromatic N) is 1. The van der Waals surface area contributed by atoms with E-state index in [1.54, 1.807) is 4.90 Å². The van der Waals surface area contributed by atoms with Crippen LogP contribution in [0.3, 0.4) is 0 Å². The van der Waals surface area contributed by atoms with Gasteiger partial charge in [0.25, 0.3) is 0 Å². The minimum atomic E-state index is -0.276. The Morgan fingerprint density at radius 3 is 2.81 bits per heavy atom. The fourth-order valence-electron chi connectivity index (χ4n) is 1.66. The highest BCUT2D eigenvalue weighted by Gasteiger charge is 2.28. The smallest absolute Gasteiger partial charge is 0.410 e. The van der Waals surface area contributed by atoms with E-state index in [4.69, 9.17) is 4.74 Å². The molecule has 0 aromatic carbocycles. The van der Waals surface area contributed by atoms with Crippen LogP contribution in [-0.2, 0) is 9.53 Å². The van der Waals surface area contributed by atoms with Crippen LogP contribution in [0.1, 0.15) is 33.6 Å². The molecule has 1 unspecified atom stereocenters. The number of hydrogen-bond acceptors (Lipinski definition) is 3. The van der Waals surface area contributed by atoms with Crippen molar-refractivity contribution in [1.82, 2.24) is 10.2 Å². The van der Waals surface area contributed by atoms with Gasteiger partial charge in [-0.2, -0.15) is 0 Å². The van der Waals surface area contributed by atoms with E-state index in [9.17, 15) is 9.59 Å². The van der Waals surface area contributed by atoms with Gasteiger partial charge in [0.1, 0.15) is 6.10 Å². The van der Waals surface area contributed by atoms with Crippen molar-refractivity contribution in [3.8, 4) is 0 Å². The summed E-state index contributed by atoms with van der Waals surface area (Å²) in [5.41, 5.74) is 0. The molecule has 1 fully saturated rings. The van der Waals surface area contributed by atoms with Gasteiger partial charge in [0.2, 0.25) is 5.91 Å². The van der Waals surface area contributed by atoms with Crippen molar-refractivity contribution in [2.75, 3.05) is 13.1 Å². The Morgan fingerprint density at radius 2 is 2.25 bits per heavy atom. The lowest BCUT2D eigenvalue weighted by Crippen LogP contribution is -2.38. The molecule has 1 rings (SSSR count). The highest BCUT2D eigenvalue weighted by molar-refractivity contribution is 5.73. The van der Waals surface area contributed by atoms with Crippen LogP contribution < -0.4 is 5.32 Å². The Labute approximate surface area is 96.1 Å². The summed E-state index contributed by atoms with van der Waals surface area (Å²) in [5, 5.41) is 2.81. The first-order valence-corrected chi connectivity index (χ1v) is 5.75. The second-order valence-corrected chi connectivity index (χ2v) is 4.23. The average Bonchev–Trinajstić information content (AvgIpc) is 2.65. The fraction of sp³-hybridized carbons (Fsp3) is 0.818. The van der Waals surface area contributed by atoms with E-state index in [2.05, 4.69) is 5.32 Å². The van der Waals surface area contributed by atoms with Gasteiger partial charge in [-0.05, 0) is 19.8 Å². The maximum Gasteiger partial charge on any atom is 0.410 e. The monoisotopic (exact) mass is 228 g/mol. The minimum Gasteiger partial charge on any atom is -0.446 e. The van der Waals surface area contributed by atoms with E-state index in [0.717, 1.165) is 12.8 Å². The molecular weight excluding hydrogens is 208 g/mol. The van der Waals surface area contributed by atoms with Gasteiger partial charge in [0, 0.05) is 26.1 Å². The second-order valence-electron chi connectivity index (χ2n) is 4.23. The molecule has 1 aliphatic rings. The summed E-state index contributed by atoms with van der Waals surface area (Å²) in [7, 11) is 0. The molecular formula is C11H20N2O3. The summed E-state index contributed by atoms with van der Waals surface area (Å²) in [6, 6.07) is 0.0713.